The van der Waals surface area contributed by atoms with Gasteiger partial charge in [-0.2, -0.15) is 0 Å². The summed E-state index contributed by atoms with van der Waals surface area (Å²) in [5, 5.41) is 9.12. The fourth-order valence-corrected chi connectivity index (χ4v) is 2.45. The van der Waals surface area contributed by atoms with E-state index in [9.17, 15) is 9.59 Å². The van der Waals surface area contributed by atoms with Gasteiger partial charge in [-0.05, 0) is 43.4 Å². The Morgan fingerprint density at radius 2 is 1.91 bits per heavy atom. The summed E-state index contributed by atoms with van der Waals surface area (Å²) in [6.07, 6.45) is 5.19. The van der Waals surface area contributed by atoms with E-state index >= 15 is 0 Å². The van der Waals surface area contributed by atoms with Gasteiger partial charge in [-0.15, -0.1) is 0 Å². The number of carbonyl (C=O) groups excluding carboxylic acids is 1. The molecule has 0 aromatic heterocycles. The molecule has 0 aliphatic heterocycles. The Hall–Kier alpha value is -1.84. The average Bonchev–Trinajstić information content (AvgIpc) is 3.35. The number of carbonyl (C=O) groups is 2. The molecule has 1 saturated carbocycles. The van der Waals surface area contributed by atoms with Crippen LogP contribution in [0, 0.1) is 11.8 Å². The van der Waals surface area contributed by atoms with Crippen LogP contribution in [0.5, 0.6) is 0 Å². The first-order valence-corrected chi connectivity index (χ1v) is 8.16. The van der Waals surface area contributed by atoms with Crippen LogP contribution in [0.2, 0.25) is 0 Å². The molecule has 0 spiro atoms. The fraction of sp³-hybridized carbons (Fsp3) is 0.556. The molecule has 0 radical (unpaired) electrons. The summed E-state index contributed by atoms with van der Waals surface area (Å²) in [6.45, 7) is 4.04. The number of hydrogen-bond acceptors (Lipinski definition) is 2. The molecule has 1 fully saturated rings. The van der Waals surface area contributed by atoms with Crippen LogP contribution in [0.25, 0.3) is 0 Å². The summed E-state index contributed by atoms with van der Waals surface area (Å²) in [6, 6.07) is 7.98. The molecule has 1 aromatic rings. The standard InChI is InChI=1S/C18H25NO3/c1-3-4-5-14-6-10-16(11-7-14)19(12-13(2)18(21)22)17(20)15-8-9-15/h6-7,10-11,13,15H,3-5,8-9,12H2,1-2H3,(H,21,22). The van der Waals surface area contributed by atoms with Gasteiger partial charge >= 0.3 is 5.97 Å². The molecule has 1 N–H and O–H groups in total. The Balaban J connectivity index is 2.13. The molecule has 2 rings (SSSR count). The summed E-state index contributed by atoms with van der Waals surface area (Å²) in [5.41, 5.74) is 2.07. The highest BCUT2D eigenvalue weighted by Gasteiger charge is 2.35. The minimum Gasteiger partial charge on any atom is -0.481 e. The van der Waals surface area contributed by atoms with Crippen LogP contribution in [-0.2, 0) is 16.0 Å². The fourth-order valence-electron chi connectivity index (χ4n) is 2.45. The van der Waals surface area contributed by atoms with Crippen molar-refractivity contribution in [3.63, 3.8) is 0 Å². The van der Waals surface area contributed by atoms with Gasteiger partial charge in [0, 0.05) is 18.2 Å². The monoisotopic (exact) mass is 303 g/mol. The van der Waals surface area contributed by atoms with Crippen molar-refractivity contribution in [2.45, 2.75) is 46.0 Å². The van der Waals surface area contributed by atoms with Crippen molar-refractivity contribution in [2.75, 3.05) is 11.4 Å². The number of unbranched alkanes of at least 4 members (excludes halogenated alkanes) is 1. The van der Waals surface area contributed by atoms with Gasteiger partial charge in [-0.1, -0.05) is 32.4 Å². The lowest BCUT2D eigenvalue weighted by molar-refractivity contribution is -0.140. The summed E-state index contributed by atoms with van der Waals surface area (Å²) < 4.78 is 0. The zero-order valence-electron chi connectivity index (χ0n) is 13.4. The molecule has 0 saturated heterocycles. The van der Waals surface area contributed by atoms with Crippen LogP contribution in [0.1, 0.15) is 45.1 Å². The van der Waals surface area contributed by atoms with Gasteiger partial charge in [0.05, 0.1) is 5.92 Å². The maximum Gasteiger partial charge on any atom is 0.308 e. The van der Waals surface area contributed by atoms with Gasteiger partial charge in [0.2, 0.25) is 5.91 Å². The van der Waals surface area contributed by atoms with E-state index in [0.29, 0.717) is 0 Å². The van der Waals surface area contributed by atoms with Crippen molar-refractivity contribution >= 4 is 17.6 Å². The zero-order valence-corrected chi connectivity index (χ0v) is 13.4. The minimum absolute atomic E-state index is 0.0643. The lowest BCUT2D eigenvalue weighted by Crippen LogP contribution is -2.38. The molecule has 1 aromatic carbocycles. The van der Waals surface area contributed by atoms with Crippen molar-refractivity contribution in [2.24, 2.45) is 11.8 Å². The highest BCUT2D eigenvalue weighted by atomic mass is 16.4. The van der Waals surface area contributed by atoms with Crippen molar-refractivity contribution in [3.8, 4) is 0 Å². The molecular weight excluding hydrogens is 278 g/mol. The maximum atomic E-state index is 12.5. The number of amides is 1. The number of carboxylic acid groups (broad SMARTS) is 1. The third-order valence-electron chi connectivity index (χ3n) is 4.14. The first-order chi connectivity index (χ1) is 10.5. The predicted octanol–water partition coefficient (Wildman–Crippen LogP) is 3.49. The number of nitrogens with zero attached hydrogens (tertiary/aromatic N) is 1. The van der Waals surface area contributed by atoms with E-state index in [1.54, 1.807) is 11.8 Å². The lowest BCUT2D eigenvalue weighted by atomic mass is 10.1. The molecule has 0 bridgehead atoms. The van der Waals surface area contributed by atoms with Crippen molar-refractivity contribution in [1.29, 1.82) is 0 Å². The van der Waals surface area contributed by atoms with E-state index in [1.807, 2.05) is 24.3 Å². The predicted molar refractivity (Wildman–Crippen MR) is 86.9 cm³/mol. The SMILES string of the molecule is CCCCc1ccc(N(CC(C)C(=O)O)C(=O)C2CC2)cc1. The number of rotatable bonds is 8. The van der Waals surface area contributed by atoms with Crippen LogP contribution < -0.4 is 4.90 Å². The van der Waals surface area contributed by atoms with Crippen molar-refractivity contribution in [3.05, 3.63) is 29.8 Å². The zero-order chi connectivity index (χ0) is 16.1. The van der Waals surface area contributed by atoms with Crippen LogP contribution in [-0.4, -0.2) is 23.5 Å². The molecule has 1 amide bonds. The second-order valence-electron chi connectivity index (χ2n) is 6.23. The third-order valence-corrected chi connectivity index (χ3v) is 4.14. The highest BCUT2D eigenvalue weighted by Crippen LogP contribution is 2.33. The van der Waals surface area contributed by atoms with Gasteiger partial charge < -0.3 is 10.0 Å². The molecule has 4 heteroatoms. The summed E-state index contributed by atoms with van der Waals surface area (Å²) in [7, 11) is 0. The van der Waals surface area contributed by atoms with Crippen molar-refractivity contribution < 1.29 is 14.7 Å². The van der Waals surface area contributed by atoms with Crippen LogP contribution in [0.15, 0.2) is 24.3 Å². The largest absolute Gasteiger partial charge is 0.481 e. The molecule has 120 valence electrons. The molecular formula is C18H25NO3. The first kappa shape index (κ1) is 16.5. The van der Waals surface area contributed by atoms with Crippen LogP contribution in [0.3, 0.4) is 0 Å². The minimum atomic E-state index is -0.867. The van der Waals surface area contributed by atoms with E-state index in [0.717, 1.165) is 37.8 Å². The molecule has 1 aliphatic carbocycles. The summed E-state index contributed by atoms with van der Waals surface area (Å²) >= 11 is 0. The molecule has 1 atom stereocenters. The Labute approximate surface area is 132 Å². The van der Waals surface area contributed by atoms with E-state index in [2.05, 4.69) is 6.92 Å². The van der Waals surface area contributed by atoms with E-state index in [1.165, 1.54) is 5.56 Å². The number of aliphatic carboxylic acids is 1. The number of anilines is 1. The summed E-state index contributed by atoms with van der Waals surface area (Å²) in [5.74, 6) is -1.29. The molecule has 22 heavy (non-hydrogen) atoms. The average molecular weight is 303 g/mol. The molecule has 0 heterocycles. The van der Waals surface area contributed by atoms with Gasteiger partial charge in [-0.3, -0.25) is 9.59 Å². The van der Waals surface area contributed by atoms with E-state index < -0.39 is 11.9 Å². The quantitative estimate of drug-likeness (QED) is 0.799. The van der Waals surface area contributed by atoms with Gasteiger partial charge in [-0.25, -0.2) is 0 Å². The van der Waals surface area contributed by atoms with Crippen LogP contribution in [0.4, 0.5) is 5.69 Å². The van der Waals surface area contributed by atoms with E-state index in [-0.39, 0.29) is 18.4 Å². The lowest BCUT2D eigenvalue weighted by Gasteiger charge is -2.25. The van der Waals surface area contributed by atoms with Crippen LogP contribution >= 0.6 is 0 Å². The second kappa shape index (κ2) is 7.43. The highest BCUT2D eigenvalue weighted by molar-refractivity contribution is 5.97. The number of carboxylic acids is 1. The third kappa shape index (κ3) is 4.33. The molecule has 4 nitrogen and oxygen atoms in total. The topological polar surface area (TPSA) is 57.6 Å². The van der Waals surface area contributed by atoms with Gasteiger partial charge in [0.15, 0.2) is 0 Å². The number of hydrogen-bond donors (Lipinski definition) is 1. The van der Waals surface area contributed by atoms with Gasteiger partial charge in [0.25, 0.3) is 0 Å². The maximum absolute atomic E-state index is 12.5. The Bertz CT molecular complexity index is 520. The van der Waals surface area contributed by atoms with Crippen molar-refractivity contribution in [1.82, 2.24) is 0 Å². The number of aryl methyl sites for hydroxylation is 1. The summed E-state index contributed by atoms with van der Waals surface area (Å²) in [4.78, 5) is 25.2. The van der Waals surface area contributed by atoms with E-state index in [4.69, 9.17) is 5.11 Å². The normalized spacial score (nSPS) is 15.4. The Morgan fingerprint density at radius 3 is 2.41 bits per heavy atom. The smallest absolute Gasteiger partial charge is 0.308 e. The Kier molecular flexibility index (Phi) is 5.58. The Morgan fingerprint density at radius 1 is 1.27 bits per heavy atom. The van der Waals surface area contributed by atoms with Gasteiger partial charge in [0.1, 0.15) is 0 Å². The first-order valence-electron chi connectivity index (χ1n) is 8.16. The second-order valence-corrected chi connectivity index (χ2v) is 6.23. The molecule has 1 unspecified atom stereocenters. The number of benzene rings is 1. The molecule has 1 aliphatic rings.